The monoisotopic (exact) mass is 290 g/mol. The molecule has 1 aromatic rings. The maximum absolute atomic E-state index is 12.0. The summed E-state index contributed by atoms with van der Waals surface area (Å²) in [4.78, 5) is 12.0. The molecule has 0 saturated carbocycles. The molecule has 0 aromatic heterocycles. The van der Waals surface area contributed by atoms with Gasteiger partial charge in [-0.3, -0.25) is 0 Å². The Bertz CT molecular complexity index is 518. The van der Waals surface area contributed by atoms with E-state index in [0.717, 1.165) is 0 Å². The zero-order valence-electron chi connectivity index (χ0n) is 12.4. The molecule has 1 aromatic carbocycles. The van der Waals surface area contributed by atoms with Crippen LogP contribution < -0.4 is 0 Å². The molecule has 0 spiro atoms. The number of carbonyl (C=O) groups excluding carboxylic acids is 1. The van der Waals surface area contributed by atoms with E-state index in [-0.39, 0.29) is 36.9 Å². The lowest BCUT2D eigenvalue weighted by Gasteiger charge is -2.23. The van der Waals surface area contributed by atoms with Crippen LogP contribution >= 0.6 is 0 Å². The van der Waals surface area contributed by atoms with Crippen molar-refractivity contribution < 1.29 is 23.7 Å². The SMILES string of the molecule is B[C@@H]1O[C@H](COC(=O)c2ccccc2)C2OC(C)(C)O[C@@H]21. The average molecular weight is 290 g/mol. The van der Waals surface area contributed by atoms with Crippen LogP contribution in [-0.4, -0.2) is 50.5 Å². The van der Waals surface area contributed by atoms with Gasteiger partial charge in [0.2, 0.25) is 0 Å². The fourth-order valence-electron chi connectivity index (χ4n) is 2.85. The summed E-state index contributed by atoms with van der Waals surface area (Å²) < 4.78 is 22.8. The first-order valence-corrected chi connectivity index (χ1v) is 7.19. The van der Waals surface area contributed by atoms with Crippen molar-refractivity contribution >= 4 is 13.8 Å². The van der Waals surface area contributed by atoms with E-state index in [1.165, 1.54) is 0 Å². The molecular formula is C15H19BO5. The molecule has 2 aliphatic rings. The van der Waals surface area contributed by atoms with E-state index in [1.54, 1.807) is 24.3 Å². The zero-order valence-corrected chi connectivity index (χ0v) is 12.4. The van der Waals surface area contributed by atoms with Crippen molar-refractivity contribution in [2.75, 3.05) is 6.61 Å². The van der Waals surface area contributed by atoms with Gasteiger partial charge >= 0.3 is 5.97 Å². The smallest absolute Gasteiger partial charge is 0.338 e. The van der Waals surface area contributed by atoms with Crippen LogP contribution in [0.4, 0.5) is 0 Å². The summed E-state index contributed by atoms with van der Waals surface area (Å²) in [5.74, 6) is -0.969. The van der Waals surface area contributed by atoms with E-state index >= 15 is 0 Å². The minimum atomic E-state index is -0.616. The predicted molar refractivity (Wildman–Crippen MR) is 77.8 cm³/mol. The van der Waals surface area contributed by atoms with E-state index in [2.05, 4.69) is 0 Å². The molecule has 6 heteroatoms. The number of ether oxygens (including phenoxy) is 4. The lowest BCUT2D eigenvalue weighted by Crippen LogP contribution is -2.33. The second-order valence-electron chi connectivity index (χ2n) is 5.91. The van der Waals surface area contributed by atoms with Gasteiger partial charge in [0.25, 0.3) is 0 Å². The first-order chi connectivity index (χ1) is 9.96. The van der Waals surface area contributed by atoms with Gasteiger partial charge in [0.15, 0.2) is 5.79 Å². The lowest BCUT2D eigenvalue weighted by molar-refractivity contribution is -0.182. The molecule has 1 unspecified atom stereocenters. The third-order valence-corrected chi connectivity index (χ3v) is 3.77. The van der Waals surface area contributed by atoms with Gasteiger partial charge in [-0.15, -0.1) is 0 Å². The van der Waals surface area contributed by atoms with Crippen molar-refractivity contribution in [2.45, 2.75) is 43.9 Å². The quantitative estimate of drug-likeness (QED) is 0.606. The Labute approximate surface area is 124 Å². The largest absolute Gasteiger partial charge is 0.459 e. The van der Waals surface area contributed by atoms with E-state index in [9.17, 15) is 4.79 Å². The van der Waals surface area contributed by atoms with Gasteiger partial charge in [-0.25, -0.2) is 4.79 Å². The summed E-state index contributed by atoms with van der Waals surface area (Å²) in [7, 11) is 1.95. The van der Waals surface area contributed by atoms with E-state index in [0.29, 0.717) is 5.56 Å². The topological polar surface area (TPSA) is 54.0 Å². The van der Waals surface area contributed by atoms with Gasteiger partial charge in [0, 0.05) is 0 Å². The molecule has 21 heavy (non-hydrogen) atoms. The van der Waals surface area contributed by atoms with Crippen LogP contribution in [0.2, 0.25) is 0 Å². The van der Waals surface area contributed by atoms with E-state index in [4.69, 9.17) is 18.9 Å². The van der Waals surface area contributed by atoms with Crippen molar-refractivity contribution in [3.63, 3.8) is 0 Å². The van der Waals surface area contributed by atoms with Crippen molar-refractivity contribution in [1.29, 1.82) is 0 Å². The Kier molecular flexibility index (Phi) is 3.77. The third-order valence-electron chi connectivity index (χ3n) is 3.77. The van der Waals surface area contributed by atoms with Gasteiger partial charge in [0.05, 0.1) is 11.6 Å². The Balaban J connectivity index is 1.60. The Hall–Kier alpha value is -1.37. The first-order valence-electron chi connectivity index (χ1n) is 7.19. The van der Waals surface area contributed by atoms with Crippen LogP contribution in [0.1, 0.15) is 24.2 Å². The molecular weight excluding hydrogens is 271 g/mol. The van der Waals surface area contributed by atoms with E-state index < -0.39 is 5.79 Å². The van der Waals surface area contributed by atoms with Crippen LogP contribution in [-0.2, 0) is 18.9 Å². The van der Waals surface area contributed by atoms with Crippen molar-refractivity contribution in [3.8, 4) is 0 Å². The highest BCUT2D eigenvalue weighted by atomic mass is 16.8. The van der Waals surface area contributed by atoms with Gasteiger partial charge < -0.3 is 18.9 Å². The molecule has 3 rings (SSSR count). The normalized spacial score (nSPS) is 33.6. The number of benzene rings is 1. The number of esters is 1. The van der Waals surface area contributed by atoms with Crippen molar-refractivity contribution in [1.82, 2.24) is 0 Å². The molecule has 0 bridgehead atoms. The van der Waals surface area contributed by atoms with E-state index in [1.807, 2.05) is 27.8 Å². The minimum absolute atomic E-state index is 0.0720. The maximum Gasteiger partial charge on any atom is 0.338 e. The molecule has 2 fully saturated rings. The van der Waals surface area contributed by atoms with Crippen LogP contribution in [0.5, 0.6) is 0 Å². The number of fused-ring (bicyclic) bond motifs is 1. The summed E-state index contributed by atoms with van der Waals surface area (Å²) in [6, 6.07) is 8.84. The number of carbonyl (C=O) groups is 1. The van der Waals surface area contributed by atoms with Gasteiger partial charge in [-0.05, 0) is 26.0 Å². The summed E-state index contributed by atoms with van der Waals surface area (Å²) in [5, 5.41) is 0. The van der Waals surface area contributed by atoms with Crippen LogP contribution in [0.3, 0.4) is 0 Å². The van der Waals surface area contributed by atoms with Crippen LogP contribution in [0, 0.1) is 0 Å². The predicted octanol–water partition coefficient (Wildman–Crippen LogP) is 0.721. The summed E-state index contributed by atoms with van der Waals surface area (Å²) in [5.41, 5.74) is 0.531. The average Bonchev–Trinajstić information content (AvgIpc) is 2.92. The molecule has 4 atom stereocenters. The molecule has 0 amide bonds. The number of hydrogen-bond donors (Lipinski definition) is 0. The second-order valence-corrected chi connectivity index (χ2v) is 5.91. The lowest BCUT2D eigenvalue weighted by atomic mass is 9.93. The van der Waals surface area contributed by atoms with Crippen molar-refractivity contribution in [3.05, 3.63) is 35.9 Å². The highest BCUT2D eigenvalue weighted by molar-refractivity contribution is 6.11. The van der Waals surface area contributed by atoms with Crippen LogP contribution in [0.25, 0.3) is 0 Å². The standard InChI is InChI=1S/C15H19BO5/c1-15(2)20-11-10(19-13(16)12(11)21-15)8-18-14(17)9-6-4-3-5-7-9/h3-7,10-13H,8,16H2,1-2H3/t10-,11?,12+,13-/m1/s1. The maximum atomic E-state index is 12.0. The van der Waals surface area contributed by atoms with Gasteiger partial charge in [-0.2, -0.15) is 0 Å². The number of rotatable bonds is 3. The molecule has 2 aliphatic heterocycles. The highest BCUT2D eigenvalue weighted by Gasteiger charge is 2.53. The summed E-state index contributed by atoms with van der Waals surface area (Å²) >= 11 is 0. The summed E-state index contributed by atoms with van der Waals surface area (Å²) in [6.07, 6.45) is -0.599. The Morgan fingerprint density at radius 3 is 2.62 bits per heavy atom. The zero-order chi connectivity index (χ0) is 15.0. The van der Waals surface area contributed by atoms with Gasteiger partial charge in [-0.1, -0.05) is 18.2 Å². The molecule has 0 aliphatic carbocycles. The second kappa shape index (κ2) is 5.44. The first kappa shape index (κ1) is 14.6. The minimum Gasteiger partial charge on any atom is -0.459 e. The van der Waals surface area contributed by atoms with Crippen LogP contribution in [0.15, 0.2) is 30.3 Å². The molecule has 2 saturated heterocycles. The molecule has 0 radical (unpaired) electrons. The fraction of sp³-hybridized carbons (Fsp3) is 0.533. The number of hydrogen-bond acceptors (Lipinski definition) is 5. The Morgan fingerprint density at radius 1 is 1.24 bits per heavy atom. The highest BCUT2D eigenvalue weighted by Crippen LogP contribution is 2.37. The molecule has 2 heterocycles. The molecule has 0 N–H and O–H groups in total. The van der Waals surface area contributed by atoms with Gasteiger partial charge in [0.1, 0.15) is 32.8 Å². The third kappa shape index (κ3) is 2.97. The van der Waals surface area contributed by atoms with Crippen molar-refractivity contribution in [2.24, 2.45) is 0 Å². The molecule has 5 nitrogen and oxygen atoms in total. The molecule has 112 valence electrons. The fourth-order valence-corrected chi connectivity index (χ4v) is 2.85. The summed E-state index contributed by atoms with van der Waals surface area (Å²) in [6.45, 7) is 3.93. The Morgan fingerprint density at radius 2 is 1.90 bits per heavy atom.